The van der Waals surface area contributed by atoms with Crippen molar-refractivity contribution in [1.29, 1.82) is 0 Å². The number of aryl methyl sites for hydroxylation is 1. The summed E-state index contributed by atoms with van der Waals surface area (Å²) in [6, 6.07) is 10.6. The van der Waals surface area contributed by atoms with Gasteiger partial charge in [0, 0.05) is 24.6 Å². The first-order valence-electron chi connectivity index (χ1n) is 14.0. The lowest BCUT2D eigenvalue weighted by atomic mass is 9.98. The van der Waals surface area contributed by atoms with Crippen molar-refractivity contribution in [3.8, 4) is 5.75 Å². The molecule has 3 amide bonds. The standard InChI is InChI=1S/C30H39FN4O5/c1-2-19-6-5-7-21(12-19)30(9-10-30)33-18-26(36)24-15-20-13-22(31)16-23(14-20)40-11-4-3-8-28(38)34-25(17-27(32)37)29(39)35-24/h5-7,12-14,16,24-26,33,36H,2-4,8-11,15,17-18H2,1H3,(H2,32,37)(H,34,38)(H,35,39)/t24-,25-,26+/m0/s1. The van der Waals surface area contributed by atoms with Gasteiger partial charge < -0.3 is 31.5 Å². The molecule has 9 nitrogen and oxygen atoms in total. The number of hydrogen-bond donors (Lipinski definition) is 5. The molecule has 1 heterocycles. The molecule has 40 heavy (non-hydrogen) atoms. The molecule has 1 fully saturated rings. The Morgan fingerprint density at radius 2 is 2.00 bits per heavy atom. The molecule has 4 rings (SSSR count). The van der Waals surface area contributed by atoms with Gasteiger partial charge >= 0.3 is 0 Å². The van der Waals surface area contributed by atoms with Crippen molar-refractivity contribution in [2.24, 2.45) is 5.73 Å². The van der Waals surface area contributed by atoms with Crippen LogP contribution in [0, 0.1) is 5.82 Å². The fourth-order valence-electron chi connectivity index (χ4n) is 5.12. The van der Waals surface area contributed by atoms with Gasteiger partial charge in [-0.2, -0.15) is 0 Å². The van der Waals surface area contributed by atoms with Crippen LogP contribution in [0.4, 0.5) is 4.39 Å². The van der Waals surface area contributed by atoms with Crippen molar-refractivity contribution >= 4 is 17.7 Å². The first-order valence-corrected chi connectivity index (χ1v) is 14.0. The van der Waals surface area contributed by atoms with Crippen LogP contribution >= 0.6 is 0 Å². The molecule has 6 N–H and O–H groups in total. The van der Waals surface area contributed by atoms with Crippen molar-refractivity contribution in [3.05, 3.63) is 65.0 Å². The van der Waals surface area contributed by atoms with Crippen LogP contribution in [-0.4, -0.2) is 54.2 Å². The Kier molecular flexibility index (Phi) is 9.76. The van der Waals surface area contributed by atoms with Crippen LogP contribution in [0.2, 0.25) is 0 Å². The minimum absolute atomic E-state index is 0.0955. The van der Waals surface area contributed by atoms with Gasteiger partial charge in [-0.3, -0.25) is 14.4 Å². The van der Waals surface area contributed by atoms with Gasteiger partial charge in [-0.05, 0) is 67.3 Å². The molecular formula is C30H39FN4O5. The molecule has 1 aliphatic carbocycles. The van der Waals surface area contributed by atoms with Crippen molar-refractivity contribution in [2.75, 3.05) is 13.2 Å². The molecule has 0 unspecified atom stereocenters. The molecular weight excluding hydrogens is 515 g/mol. The maximum atomic E-state index is 14.5. The number of fused-ring (bicyclic) bond motifs is 2. The van der Waals surface area contributed by atoms with Gasteiger partial charge in [0.1, 0.15) is 17.6 Å². The zero-order valence-electron chi connectivity index (χ0n) is 22.9. The summed E-state index contributed by atoms with van der Waals surface area (Å²) in [6.45, 7) is 2.55. The molecule has 10 heteroatoms. The predicted molar refractivity (Wildman–Crippen MR) is 148 cm³/mol. The third-order valence-corrected chi connectivity index (χ3v) is 7.59. The van der Waals surface area contributed by atoms with E-state index < -0.39 is 41.7 Å². The highest BCUT2D eigenvalue weighted by Gasteiger charge is 2.44. The van der Waals surface area contributed by atoms with Crippen LogP contribution in [0.25, 0.3) is 0 Å². The number of nitrogens with two attached hydrogens (primary N) is 1. The number of halogens is 1. The molecule has 2 aliphatic rings. The topological polar surface area (TPSA) is 143 Å². The van der Waals surface area contributed by atoms with Crippen LogP contribution in [0.1, 0.15) is 62.1 Å². The maximum Gasteiger partial charge on any atom is 0.243 e. The van der Waals surface area contributed by atoms with Gasteiger partial charge in [-0.25, -0.2) is 4.39 Å². The summed E-state index contributed by atoms with van der Waals surface area (Å²) >= 11 is 0. The van der Waals surface area contributed by atoms with E-state index in [1.54, 1.807) is 6.07 Å². The predicted octanol–water partition coefficient (Wildman–Crippen LogP) is 1.98. The van der Waals surface area contributed by atoms with Gasteiger partial charge in [-0.1, -0.05) is 31.2 Å². The van der Waals surface area contributed by atoms with E-state index in [4.69, 9.17) is 10.5 Å². The number of amides is 3. The summed E-state index contributed by atoms with van der Waals surface area (Å²) in [5.74, 6) is -1.94. The highest BCUT2D eigenvalue weighted by molar-refractivity contribution is 5.91. The van der Waals surface area contributed by atoms with Gasteiger partial charge in [0.2, 0.25) is 17.7 Å². The lowest BCUT2D eigenvalue weighted by molar-refractivity contribution is -0.132. The highest BCUT2D eigenvalue weighted by Crippen LogP contribution is 2.45. The molecule has 0 radical (unpaired) electrons. The molecule has 1 aliphatic heterocycles. The van der Waals surface area contributed by atoms with Crippen LogP contribution < -0.4 is 26.4 Å². The summed E-state index contributed by atoms with van der Waals surface area (Å²) in [6.07, 6.45) is 2.55. The van der Waals surface area contributed by atoms with Crippen LogP contribution in [0.3, 0.4) is 0 Å². The van der Waals surface area contributed by atoms with E-state index in [2.05, 4.69) is 41.1 Å². The second-order valence-electron chi connectivity index (χ2n) is 10.8. The van der Waals surface area contributed by atoms with Gasteiger partial charge in [0.05, 0.1) is 25.2 Å². The number of benzene rings is 2. The number of ether oxygens (including phenoxy) is 1. The number of hydrogen-bond acceptors (Lipinski definition) is 6. The molecule has 3 atom stereocenters. The number of carbonyl (C=O) groups is 3. The largest absolute Gasteiger partial charge is 0.493 e. The Hall–Kier alpha value is -3.50. The Morgan fingerprint density at radius 3 is 2.73 bits per heavy atom. The Balaban J connectivity index is 1.56. The van der Waals surface area contributed by atoms with Crippen LogP contribution in [-0.2, 0) is 32.8 Å². The second kappa shape index (κ2) is 13.2. The molecule has 2 bridgehead atoms. The van der Waals surface area contributed by atoms with E-state index in [9.17, 15) is 23.9 Å². The maximum absolute atomic E-state index is 14.5. The first-order chi connectivity index (χ1) is 19.2. The van der Waals surface area contributed by atoms with E-state index in [1.807, 2.05) is 6.07 Å². The average molecular weight is 555 g/mol. The summed E-state index contributed by atoms with van der Waals surface area (Å²) in [4.78, 5) is 37.4. The lowest BCUT2D eigenvalue weighted by Gasteiger charge is -2.29. The van der Waals surface area contributed by atoms with E-state index in [1.165, 1.54) is 17.7 Å². The highest BCUT2D eigenvalue weighted by atomic mass is 19.1. The summed E-state index contributed by atoms with van der Waals surface area (Å²) < 4.78 is 20.2. The van der Waals surface area contributed by atoms with E-state index in [0.29, 0.717) is 24.2 Å². The van der Waals surface area contributed by atoms with Crippen molar-refractivity contribution in [2.45, 2.75) is 82.0 Å². The number of aliphatic hydroxyl groups excluding tert-OH is 1. The zero-order valence-corrected chi connectivity index (χ0v) is 22.9. The van der Waals surface area contributed by atoms with Crippen LogP contribution in [0.5, 0.6) is 5.75 Å². The van der Waals surface area contributed by atoms with Crippen LogP contribution in [0.15, 0.2) is 42.5 Å². The fourth-order valence-corrected chi connectivity index (χ4v) is 5.12. The van der Waals surface area contributed by atoms with Gasteiger partial charge in [-0.15, -0.1) is 0 Å². The first kappa shape index (κ1) is 29.5. The molecule has 2 aromatic carbocycles. The van der Waals surface area contributed by atoms with Crippen molar-refractivity contribution in [3.63, 3.8) is 0 Å². The smallest absolute Gasteiger partial charge is 0.243 e. The third-order valence-electron chi connectivity index (χ3n) is 7.59. The van der Waals surface area contributed by atoms with E-state index in [0.717, 1.165) is 24.8 Å². The van der Waals surface area contributed by atoms with Crippen molar-refractivity contribution < 1.29 is 28.6 Å². The zero-order chi connectivity index (χ0) is 28.7. The molecule has 0 saturated heterocycles. The molecule has 1 saturated carbocycles. The molecule has 2 aromatic rings. The third kappa shape index (κ3) is 8.02. The minimum Gasteiger partial charge on any atom is -0.493 e. The quantitative estimate of drug-likeness (QED) is 0.338. The monoisotopic (exact) mass is 554 g/mol. The van der Waals surface area contributed by atoms with Crippen molar-refractivity contribution in [1.82, 2.24) is 16.0 Å². The number of primary amides is 1. The van der Waals surface area contributed by atoms with E-state index >= 15 is 0 Å². The summed E-state index contributed by atoms with van der Waals surface area (Å²) in [5, 5.41) is 20.2. The fraction of sp³-hybridized carbons (Fsp3) is 0.500. The number of aliphatic hydroxyl groups is 1. The Labute approximate surface area is 234 Å². The van der Waals surface area contributed by atoms with E-state index in [-0.39, 0.29) is 38.0 Å². The number of rotatable bonds is 8. The summed E-state index contributed by atoms with van der Waals surface area (Å²) in [7, 11) is 0. The molecule has 216 valence electrons. The Morgan fingerprint density at radius 1 is 1.20 bits per heavy atom. The lowest BCUT2D eigenvalue weighted by Crippen LogP contribution is -2.56. The van der Waals surface area contributed by atoms with Gasteiger partial charge in [0.25, 0.3) is 0 Å². The molecule has 0 spiro atoms. The average Bonchev–Trinajstić information content (AvgIpc) is 3.71. The summed E-state index contributed by atoms with van der Waals surface area (Å²) in [5.41, 5.74) is 8.02. The normalized spacial score (nSPS) is 22.1. The Bertz CT molecular complexity index is 1220. The molecule has 0 aromatic heterocycles. The minimum atomic E-state index is -1.19. The van der Waals surface area contributed by atoms with Gasteiger partial charge in [0.15, 0.2) is 0 Å². The number of nitrogens with one attached hydrogen (secondary N) is 3. The SMILES string of the molecule is CCc1cccc(C2(NC[C@@H](O)[C@@H]3Cc4cc(F)cc(c4)OCCCCC(=O)N[C@@H](CC(N)=O)C(=O)N3)CC2)c1. The number of carbonyl (C=O) groups excluding carboxylic acids is 3. The second-order valence-corrected chi connectivity index (χ2v) is 10.8.